The second kappa shape index (κ2) is 6.38. The SMILES string of the molecule is CC1(C)CC(=O)c2sc(N3CCOCC3)c(-c3ccnc(Cl)c3)c2C1. The molecule has 0 spiro atoms. The van der Waals surface area contributed by atoms with Gasteiger partial charge in [-0.3, -0.25) is 4.79 Å². The van der Waals surface area contributed by atoms with Crippen LogP contribution in [0, 0.1) is 5.41 Å². The Morgan fingerprint density at radius 3 is 2.76 bits per heavy atom. The standard InChI is InChI=1S/C19H21ClN2O2S/c1-19(2)10-13-16(12-3-4-21-15(20)9-12)18(22-5-7-24-8-6-22)25-17(13)14(23)11-19/h3-4,9H,5-8,10-11H2,1-2H3. The fourth-order valence-electron chi connectivity index (χ4n) is 3.75. The average Bonchev–Trinajstić information content (AvgIpc) is 2.94. The molecule has 0 saturated carbocycles. The highest BCUT2D eigenvalue weighted by atomic mass is 35.5. The number of thiophene rings is 1. The summed E-state index contributed by atoms with van der Waals surface area (Å²) >= 11 is 7.79. The number of carbonyl (C=O) groups is 1. The number of fused-ring (bicyclic) bond motifs is 1. The van der Waals surface area contributed by atoms with Gasteiger partial charge in [-0.1, -0.05) is 25.4 Å². The van der Waals surface area contributed by atoms with Crippen LogP contribution in [0.15, 0.2) is 18.3 Å². The molecule has 0 aromatic carbocycles. The summed E-state index contributed by atoms with van der Waals surface area (Å²) in [6.45, 7) is 7.48. The van der Waals surface area contributed by atoms with Crippen LogP contribution in [0.4, 0.5) is 5.00 Å². The molecule has 0 radical (unpaired) electrons. The molecule has 6 heteroatoms. The third-order valence-electron chi connectivity index (χ3n) is 4.85. The van der Waals surface area contributed by atoms with Crippen LogP contribution in [-0.4, -0.2) is 37.1 Å². The van der Waals surface area contributed by atoms with Crippen molar-refractivity contribution in [3.05, 3.63) is 33.9 Å². The molecule has 0 unspecified atom stereocenters. The number of ether oxygens (including phenoxy) is 1. The van der Waals surface area contributed by atoms with Crippen LogP contribution >= 0.6 is 22.9 Å². The number of hydrogen-bond acceptors (Lipinski definition) is 5. The fraction of sp³-hybridized carbons (Fsp3) is 0.474. The summed E-state index contributed by atoms with van der Waals surface area (Å²) in [6.07, 6.45) is 3.25. The van der Waals surface area contributed by atoms with Crippen molar-refractivity contribution >= 4 is 33.7 Å². The molecule has 4 rings (SSSR count). The van der Waals surface area contributed by atoms with Crippen LogP contribution < -0.4 is 4.90 Å². The Hall–Kier alpha value is -1.43. The van der Waals surface area contributed by atoms with Crippen molar-refractivity contribution in [2.45, 2.75) is 26.7 Å². The van der Waals surface area contributed by atoms with Gasteiger partial charge in [0.1, 0.15) is 5.15 Å². The zero-order chi connectivity index (χ0) is 17.6. The maximum absolute atomic E-state index is 12.8. The molecule has 25 heavy (non-hydrogen) atoms. The molecule has 2 aromatic heterocycles. The molecule has 3 heterocycles. The number of morpholine rings is 1. The second-order valence-electron chi connectivity index (χ2n) is 7.50. The van der Waals surface area contributed by atoms with E-state index in [0.717, 1.165) is 48.7 Å². The van der Waals surface area contributed by atoms with Gasteiger partial charge in [0.05, 0.1) is 23.1 Å². The van der Waals surface area contributed by atoms with Gasteiger partial charge in [-0.2, -0.15) is 0 Å². The molecule has 2 aromatic rings. The van der Waals surface area contributed by atoms with Crippen LogP contribution in [0.3, 0.4) is 0 Å². The highest BCUT2D eigenvalue weighted by Crippen LogP contribution is 2.49. The minimum Gasteiger partial charge on any atom is -0.378 e. The lowest BCUT2D eigenvalue weighted by Gasteiger charge is -2.30. The van der Waals surface area contributed by atoms with Crippen molar-refractivity contribution in [3.8, 4) is 11.1 Å². The van der Waals surface area contributed by atoms with Gasteiger partial charge in [0.2, 0.25) is 0 Å². The van der Waals surface area contributed by atoms with Gasteiger partial charge in [0.15, 0.2) is 5.78 Å². The predicted octanol–water partition coefficient (Wildman–Crippen LogP) is 4.46. The number of nitrogens with zero attached hydrogens (tertiary/aromatic N) is 2. The van der Waals surface area contributed by atoms with Crippen molar-refractivity contribution in [2.24, 2.45) is 5.41 Å². The molecule has 2 aliphatic rings. The van der Waals surface area contributed by atoms with E-state index < -0.39 is 0 Å². The fourth-order valence-corrected chi connectivity index (χ4v) is 5.25. The van der Waals surface area contributed by atoms with Gasteiger partial charge in [0, 0.05) is 31.3 Å². The van der Waals surface area contributed by atoms with Crippen molar-refractivity contribution in [2.75, 3.05) is 31.2 Å². The summed E-state index contributed by atoms with van der Waals surface area (Å²) in [5, 5.41) is 1.65. The lowest BCUT2D eigenvalue weighted by atomic mass is 9.75. The summed E-state index contributed by atoms with van der Waals surface area (Å²) < 4.78 is 5.51. The number of carbonyl (C=O) groups excluding carboxylic acids is 1. The van der Waals surface area contributed by atoms with E-state index in [1.165, 1.54) is 10.6 Å². The van der Waals surface area contributed by atoms with Crippen molar-refractivity contribution in [1.29, 1.82) is 0 Å². The zero-order valence-electron chi connectivity index (χ0n) is 14.5. The van der Waals surface area contributed by atoms with Gasteiger partial charge >= 0.3 is 0 Å². The zero-order valence-corrected chi connectivity index (χ0v) is 16.0. The Bertz CT molecular complexity index is 825. The number of ketones is 1. The van der Waals surface area contributed by atoms with Gasteiger partial charge in [-0.15, -0.1) is 11.3 Å². The van der Waals surface area contributed by atoms with Crippen molar-refractivity contribution in [3.63, 3.8) is 0 Å². The number of hydrogen-bond donors (Lipinski definition) is 0. The topological polar surface area (TPSA) is 42.4 Å². The number of Topliss-reactive ketones (excluding diaryl/α,β-unsaturated/α-hetero) is 1. The molecule has 132 valence electrons. The highest BCUT2D eigenvalue weighted by Gasteiger charge is 2.37. The molecular weight excluding hydrogens is 356 g/mol. The average molecular weight is 377 g/mol. The Morgan fingerprint density at radius 1 is 1.28 bits per heavy atom. The van der Waals surface area contributed by atoms with Crippen LogP contribution in [0.5, 0.6) is 0 Å². The van der Waals surface area contributed by atoms with E-state index in [4.69, 9.17) is 16.3 Å². The smallest absolute Gasteiger partial charge is 0.173 e. The third-order valence-corrected chi connectivity index (χ3v) is 6.39. The first-order chi connectivity index (χ1) is 11.9. The molecule has 0 bridgehead atoms. The predicted molar refractivity (Wildman–Crippen MR) is 102 cm³/mol. The Labute approximate surface area is 156 Å². The Balaban J connectivity index is 1.91. The number of halogens is 1. The van der Waals surface area contributed by atoms with Gasteiger partial charge in [-0.05, 0) is 35.1 Å². The molecule has 1 aliphatic heterocycles. The minimum absolute atomic E-state index is 0.0149. The summed E-state index contributed by atoms with van der Waals surface area (Å²) in [4.78, 5) is 20.2. The quantitative estimate of drug-likeness (QED) is 0.726. The van der Waals surface area contributed by atoms with E-state index in [2.05, 4.69) is 23.7 Å². The summed E-state index contributed by atoms with van der Waals surface area (Å²) in [6, 6.07) is 3.89. The van der Waals surface area contributed by atoms with E-state index in [0.29, 0.717) is 11.6 Å². The molecule has 0 amide bonds. The Morgan fingerprint density at radius 2 is 2.04 bits per heavy atom. The van der Waals surface area contributed by atoms with Gasteiger partial charge < -0.3 is 9.64 Å². The molecule has 4 nitrogen and oxygen atoms in total. The summed E-state index contributed by atoms with van der Waals surface area (Å²) in [5.41, 5.74) is 3.37. The monoisotopic (exact) mass is 376 g/mol. The highest BCUT2D eigenvalue weighted by molar-refractivity contribution is 7.19. The lowest BCUT2D eigenvalue weighted by molar-refractivity contribution is 0.0918. The molecule has 1 aliphatic carbocycles. The Kier molecular flexibility index (Phi) is 4.34. The number of pyridine rings is 1. The first-order valence-electron chi connectivity index (χ1n) is 8.58. The molecule has 0 N–H and O–H groups in total. The molecule has 1 fully saturated rings. The van der Waals surface area contributed by atoms with E-state index in [9.17, 15) is 4.79 Å². The molecule has 1 saturated heterocycles. The largest absolute Gasteiger partial charge is 0.378 e. The molecular formula is C19H21ClN2O2S. The van der Waals surface area contributed by atoms with Gasteiger partial charge in [0.25, 0.3) is 0 Å². The lowest BCUT2D eigenvalue weighted by Crippen LogP contribution is -2.36. The second-order valence-corrected chi connectivity index (χ2v) is 8.88. The first kappa shape index (κ1) is 17.0. The normalized spacial score (nSPS) is 19.8. The first-order valence-corrected chi connectivity index (χ1v) is 9.77. The van der Waals surface area contributed by atoms with Crippen LogP contribution in [0.2, 0.25) is 5.15 Å². The minimum atomic E-state index is -0.0149. The van der Waals surface area contributed by atoms with Crippen LogP contribution in [0.1, 0.15) is 35.5 Å². The molecule has 0 atom stereocenters. The number of rotatable bonds is 2. The van der Waals surface area contributed by atoms with Gasteiger partial charge in [-0.25, -0.2) is 4.98 Å². The van der Waals surface area contributed by atoms with Crippen LogP contribution in [0.25, 0.3) is 11.1 Å². The maximum Gasteiger partial charge on any atom is 0.173 e. The maximum atomic E-state index is 12.8. The van der Waals surface area contributed by atoms with Crippen molar-refractivity contribution < 1.29 is 9.53 Å². The van der Waals surface area contributed by atoms with Crippen LogP contribution in [-0.2, 0) is 11.2 Å². The van der Waals surface area contributed by atoms with E-state index >= 15 is 0 Å². The number of anilines is 1. The summed E-state index contributed by atoms with van der Waals surface area (Å²) in [7, 11) is 0. The van der Waals surface area contributed by atoms with E-state index in [1.54, 1.807) is 17.5 Å². The van der Waals surface area contributed by atoms with E-state index in [1.807, 2.05) is 12.1 Å². The number of aromatic nitrogens is 1. The third kappa shape index (κ3) is 3.21. The van der Waals surface area contributed by atoms with Crippen molar-refractivity contribution in [1.82, 2.24) is 4.98 Å². The summed E-state index contributed by atoms with van der Waals surface area (Å²) in [5.74, 6) is 0.261. The van der Waals surface area contributed by atoms with E-state index in [-0.39, 0.29) is 11.2 Å².